The van der Waals surface area contributed by atoms with Gasteiger partial charge in [-0.3, -0.25) is 9.78 Å². The fourth-order valence-corrected chi connectivity index (χ4v) is 2.20. The predicted molar refractivity (Wildman–Crippen MR) is 73.2 cm³/mol. The number of amides is 1. The molecule has 1 unspecified atom stereocenters. The molecule has 1 aromatic heterocycles. The number of carbonyl (C=O) groups is 1. The Morgan fingerprint density at radius 1 is 1.65 bits per heavy atom. The summed E-state index contributed by atoms with van der Waals surface area (Å²) in [5.74, 6) is 2.04. The molecule has 0 spiro atoms. The summed E-state index contributed by atoms with van der Waals surface area (Å²) < 4.78 is 0. The number of hydrogen-bond acceptors (Lipinski definition) is 4. The normalized spacial score (nSPS) is 12.1. The van der Waals surface area contributed by atoms with Crippen LogP contribution >= 0.6 is 11.8 Å². The van der Waals surface area contributed by atoms with E-state index in [1.165, 1.54) is 6.20 Å². The van der Waals surface area contributed by atoms with Crippen molar-refractivity contribution in [3.8, 4) is 0 Å². The van der Waals surface area contributed by atoms with E-state index in [9.17, 15) is 4.79 Å². The van der Waals surface area contributed by atoms with Crippen LogP contribution in [0.2, 0.25) is 0 Å². The number of pyridine rings is 1. The molecule has 0 aliphatic carbocycles. The second-order valence-electron chi connectivity index (χ2n) is 3.82. The van der Waals surface area contributed by atoms with Crippen LogP contribution in [0.1, 0.15) is 30.6 Å². The van der Waals surface area contributed by atoms with E-state index in [2.05, 4.69) is 17.2 Å². The monoisotopic (exact) mass is 253 g/mol. The Kier molecular flexibility index (Phi) is 5.83. The van der Waals surface area contributed by atoms with Gasteiger partial charge in [-0.05, 0) is 30.9 Å². The predicted octanol–water partition coefficient (Wildman–Crippen LogP) is 1.93. The zero-order valence-electron chi connectivity index (χ0n) is 10.3. The van der Waals surface area contributed by atoms with Crippen LogP contribution in [-0.2, 0) is 0 Å². The molecule has 1 heterocycles. The number of thioether (sulfide) groups is 1. The van der Waals surface area contributed by atoms with Crippen molar-refractivity contribution in [2.24, 2.45) is 0 Å². The Bertz CT molecular complexity index is 371. The van der Waals surface area contributed by atoms with Gasteiger partial charge < -0.3 is 11.1 Å². The molecule has 0 aliphatic heterocycles. The molecule has 1 rings (SSSR count). The van der Waals surface area contributed by atoms with E-state index in [0.29, 0.717) is 11.3 Å². The Labute approximate surface area is 106 Å². The first kappa shape index (κ1) is 13.8. The summed E-state index contributed by atoms with van der Waals surface area (Å²) in [6, 6.07) is 1.80. The number of hydrogen-bond donors (Lipinski definition) is 2. The number of nitrogens with two attached hydrogens (primary N) is 1. The van der Waals surface area contributed by atoms with Crippen LogP contribution < -0.4 is 11.1 Å². The van der Waals surface area contributed by atoms with E-state index in [4.69, 9.17) is 5.73 Å². The molecule has 3 N–H and O–H groups in total. The van der Waals surface area contributed by atoms with E-state index in [1.807, 2.05) is 18.7 Å². The minimum absolute atomic E-state index is 0.126. The molecule has 0 saturated carbocycles. The molecular formula is C12H19N3OS. The second kappa shape index (κ2) is 7.17. The Morgan fingerprint density at radius 2 is 2.41 bits per heavy atom. The lowest BCUT2D eigenvalue weighted by molar-refractivity contribution is 0.0940. The van der Waals surface area contributed by atoms with Gasteiger partial charge in [0.15, 0.2) is 0 Å². The molecule has 0 radical (unpaired) electrons. The molecule has 0 saturated heterocycles. The molecule has 1 atom stereocenters. The Balaban J connectivity index is 2.46. The zero-order valence-corrected chi connectivity index (χ0v) is 11.1. The summed E-state index contributed by atoms with van der Waals surface area (Å²) >= 11 is 1.88. The lowest BCUT2D eigenvalue weighted by Gasteiger charge is -2.14. The van der Waals surface area contributed by atoms with Gasteiger partial charge in [-0.1, -0.05) is 6.92 Å². The van der Waals surface area contributed by atoms with E-state index in [0.717, 1.165) is 17.9 Å². The van der Waals surface area contributed by atoms with Gasteiger partial charge in [-0.2, -0.15) is 11.8 Å². The Hall–Kier alpha value is -1.23. The lowest BCUT2D eigenvalue weighted by Crippen LogP contribution is -2.33. The van der Waals surface area contributed by atoms with E-state index in [1.54, 1.807) is 12.3 Å². The smallest absolute Gasteiger partial charge is 0.253 e. The highest BCUT2D eigenvalue weighted by Gasteiger charge is 2.11. The van der Waals surface area contributed by atoms with Crippen LogP contribution in [0.4, 0.5) is 5.69 Å². The van der Waals surface area contributed by atoms with E-state index in [-0.39, 0.29) is 11.9 Å². The number of nitrogens with one attached hydrogen (secondary N) is 1. The molecule has 4 nitrogen and oxygen atoms in total. The van der Waals surface area contributed by atoms with Gasteiger partial charge >= 0.3 is 0 Å². The van der Waals surface area contributed by atoms with Crippen molar-refractivity contribution in [3.63, 3.8) is 0 Å². The lowest BCUT2D eigenvalue weighted by atomic mass is 10.2. The third-order valence-corrected chi connectivity index (χ3v) is 3.31. The maximum Gasteiger partial charge on any atom is 0.253 e. The van der Waals surface area contributed by atoms with Crippen molar-refractivity contribution < 1.29 is 4.79 Å². The van der Waals surface area contributed by atoms with Crippen LogP contribution in [-0.4, -0.2) is 28.4 Å². The van der Waals surface area contributed by atoms with Crippen LogP contribution in [0, 0.1) is 0 Å². The largest absolute Gasteiger partial charge is 0.397 e. The molecule has 5 heteroatoms. The molecule has 94 valence electrons. The minimum Gasteiger partial charge on any atom is -0.397 e. The molecular weight excluding hydrogens is 234 g/mol. The maximum absolute atomic E-state index is 11.9. The van der Waals surface area contributed by atoms with Crippen LogP contribution in [0.25, 0.3) is 0 Å². The van der Waals surface area contributed by atoms with Crippen molar-refractivity contribution in [2.45, 2.75) is 26.3 Å². The first-order valence-electron chi connectivity index (χ1n) is 5.73. The highest BCUT2D eigenvalue weighted by atomic mass is 32.2. The molecule has 0 bridgehead atoms. The summed E-state index contributed by atoms with van der Waals surface area (Å²) in [4.78, 5) is 15.7. The summed E-state index contributed by atoms with van der Waals surface area (Å²) in [7, 11) is 0. The topological polar surface area (TPSA) is 68.0 Å². The van der Waals surface area contributed by atoms with Gasteiger partial charge in [0.2, 0.25) is 0 Å². The fourth-order valence-electron chi connectivity index (χ4n) is 1.39. The van der Waals surface area contributed by atoms with Gasteiger partial charge in [0.25, 0.3) is 5.91 Å². The third kappa shape index (κ3) is 4.65. The minimum atomic E-state index is -0.126. The SMILES string of the molecule is CCSCCC(C)NC(=O)c1ccncc1N. The van der Waals surface area contributed by atoms with Crippen LogP contribution in [0.3, 0.4) is 0 Å². The average molecular weight is 253 g/mol. The summed E-state index contributed by atoms with van der Waals surface area (Å²) in [5, 5.41) is 2.94. The summed E-state index contributed by atoms with van der Waals surface area (Å²) in [6.07, 6.45) is 4.03. The van der Waals surface area contributed by atoms with Gasteiger partial charge in [-0.25, -0.2) is 0 Å². The van der Waals surface area contributed by atoms with Crippen molar-refractivity contribution in [3.05, 3.63) is 24.0 Å². The molecule has 1 aromatic rings. The van der Waals surface area contributed by atoms with Gasteiger partial charge in [0.05, 0.1) is 17.4 Å². The third-order valence-electron chi connectivity index (χ3n) is 2.37. The number of anilines is 1. The Morgan fingerprint density at radius 3 is 3.06 bits per heavy atom. The number of carbonyl (C=O) groups excluding carboxylic acids is 1. The molecule has 0 fully saturated rings. The van der Waals surface area contributed by atoms with Gasteiger partial charge in [-0.15, -0.1) is 0 Å². The van der Waals surface area contributed by atoms with Crippen molar-refractivity contribution in [1.82, 2.24) is 10.3 Å². The zero-order chi connectivity index (χ0) is 12.7. The van der Waals surface area contributed by atoms with E-state index < -0.39 is 0 Å². The summed E-state index contributed by atoms with van der Waals surface area (Å²) in [5.41, 5.74) is 6.60. The number of nitrogen functional groups attached to an aromatic ring is 1. The number of nitrogens with zero attached hydrogens (tertiary/aromatic N) is 1. The van der Waals surface area contributed by atoms with Crippen molar-refractivity contribution in [1.29, 1.82) is 0 Å². The molecule has 0 aliphatic rings. The molecule has 1 amide bonds. The summed E-state index contributed by atoms with van der Waals surface area (Å²) in [6.45, 7) is 4.14. The van der Waals surface area contributed by atoms with Crippen LogP contribution in [0.15, 0.2) is 18.5 Å². The standard InChI is InChI=1S/C12H19N3OS/c1-3-17-7-5-9(2)15-12(16)10-4-6-14-8-11(10)13/h4,6,8-9H,3,5,7,13H2,1-2H3,(H,15,16). The second-order valence-corrected chi connectivity index (χ2v) is 5.22. The highest BCUT2D eigenvalue weighted by molar-refractivity contribution is 7.99. The first-order chi connectivity index (χ1) is 8.15. The van der Waals surface area contributed by atoms with Gasteiger partial charge in [0.1, 0.15) is 0 Å². The number of aromatic nitrogens is 1. The highest BCUT2D eigenvalue weighted by Crippen LogP contribution is 2.09. The average Bonchev–Trinajstić information content (AvgIpc) is 2.29. The van der Waals surface area contributed by atoms with Gasteiger partial charge in [0, 0.05) is 12.2 Å². The fraction of sp³-hybridized carbons (Fsp3) is 0.500. The number of rotatable bonds is 6. The maximum atomic E-state index is 11.9. The molecule has 0 aromatic carbocycles. The molecule has 17 heavy (non-hydrogen) atoms. The van der Waals surface area contributed by atoms with Crippen molar-refractivity contribution in [2.75, 3.05) is 17.2 Å². The van der Waals surface area contributed by atoms with E-state index >= 15 is 0 Å². The first-order valence-corrected chi connectivity index (χ1v) is 6.88. The van der Waals surface area contributed by atoms with Crippen LogP contribution in [0.5, 0.6) is 0 Å². The van der Waals surface area contributed by atoms with Crippen molar-refractivity contribution >= 4 is 23.4 Å². The quantitative estimate of drug-likeness (QED) is 0.760.